The molecule has 0 radical (unpaired) electrons. The van der Waals surface area contributed by atoms with Crippen molar-refractivity contribution in [2.75, 3.05) is 18.5 Å². The molecule has 0 saturated heterocycles. The quantitative estimate of drug-likeness (QED) is 0.704. The number of fused-ring (bicyclic) bond motifs is 1. The fraction of sp³-hybridized carbons (Fsp3) is 0.250. The average molecular weight is 260 g/mol. The molecule has 0 aliphatic rings. The Labute approximate surface area is 99.3 Å². The van der Waals surface area contributed by atoms with Crippen LogP contribution in [0.15, 0.2) is 10.7 Å². The molecule has 0 spiro atoms. The number of benzene rings is 1. The molecule has 0 aliphatic heterocycles. The van der Waals surface area contributed by atoms with Crippen molar-refractivity contribution in [2.24, 2.45) is 0 Å². The summed E-state index contributed by atoms with van der Waals surface area (Å²) in [7, 11) is 0. The molecule has 8 nitrogen and oxygen atoms in total. The first-order valence-corrected chi connectivity index (χ1v) is 4.98. The molecular weight excluding hydrogens is 252 g/mol. The van der Waals surface area contributed by atoms with Gasteiger partial charge in [0.1, 0.15) is 5.69 Å². The van der Waals surface area contributed by atoms with E-state index in [1.807, 2.05) is 0 Å². The Hall–Kier alpha value is -1.93. The van der Waals surface area contributed by atoms with E-state index < -0.39 is 0 Å². The van der Waals surface area contributed by atoms with Crippen molar-refractivity contribution in [1.82, 2.24) is 10.3 Å². The molecule has 17 heavy (non-hydrogen) atoms. The summed E-state index contributed by atoms with van der Waals surface area (Å²) in [5.41, 5.74) is 0.269. The Bertz CT molecular complexity index is 570. The molecule has 0 aliphatic carbocycles. The molecule has 1 aromatic carbocycles. The highest BCUT2D eigenvalue weighted by Crippen LogP contribution is 2.35. The lowest BCUT2D eigenvalue weighted by Gasteiger charge is -2.03. The van der Waals surface area contributed by atoms with Gasteiger partial charge in [-0.25, -0.2) is 9.84 Å². The summed E-state index contributed by atoms with van der Waals surface area (Å²) >= 11 is 5.89. The lowest BCUT2D eigenvalue weighted by molar-refractivity contribution is -0.728. The Kier molecular flexibility index (Phi) is 3.07. The highest BCUT2D eigenvalue weighted by molar-refractivity contribution is 6.35. The first-order valence-electron chi connectivity index (χ1n) is 4.60. The number of anilines is 1. The Morgan fingerprint density at radius 1 is 1.47 bits per heavy atom. The van der Waals surface area contributed by atoms with Gasteiger partial charge in [0.25, 0.3) is 4.92 Å². The van der Waals surface area contributed by atoms with E-state index in [0.717, 1.165) is 0 Å². The smallest absolute Gasteiger partial charge is 0.370 e. The number of aromatic nitrogens is 2. The molecule has 2 rings (SSSR count). The van der Waals surface area contributed by atoms with Crippen molar-refractivity contribution in [3.8, 4) is 0 Å². The Morgan fingerprint density at radius 3 is 2.82 bits per heavy atom. The molecule has 0 saturated carbocycles. The van der Waals surface area contributed by atoms with E-state index >= 15 is 0 Å². The second kappa shape index (κ2) is 4.52. The van der Waals surface area contributed by atoms with Gasteiger partial charge in [-0.2, -0.15) is 0 Å². The number of halogens is 1. The van der Waals surface area contributed by atoms with Gasteiger partial charge in [0.05, 0.1) is 16.5 Å². The lowest BCUT2D eigenvalue weighted by Crippen LogP contribution is -2.08. The predicted molar refractivity (Wildman–Crippen MR) is 57.5 cm³/mol. The molecular formula is C8H8ClN4O4+. The molecule has 1 heterocycles. The number of aliphatic hydroxyl groups excluding tert-OH is 1. The molecule has 1 aromatic heterocycles. The number of aliphatic hydroxyl groups is 1. The van der Waals surface area contributed by atoms with Crippen LogP contribution in [0.1, 0.15) is 0 Å². The van der Waals surface area contributed by atoms with Gasteiger partial charge >= 0.3 is 5.69 Å². The van der Waals surface area contributed by atoms with Crippen LogP contribution < -0.4 is 5.32 Å². The first kappa shape index (κ1) is 11.6. The van der Waals surface area contributed by atoms with E-state index in [1.165, 1.54) is 6.07 Å². The maximum atomic E-state index is 11.1. The van der Waals surface area contributed by atoms with E-state index in [-0.39, 0.29) is 45.5 Å². The van der Waals surface area contributed by atoms with Crippen LogP contribution in [0, 0.1) is 4.91 Å². The van der Waals surface area contributed by atoms with Crippen LogP contribution in [-0.4, -0.2) is 38.7 Å². The van der Waals surface area contributed by atoms with Gasteiger partial charge in [0.15, 0.2) is 5.52 Å². The molecule has 0 fully saturated rings. The molecule has 3 N–H and O–H groups in total. The van der Waals surface area contributed by atoms with E-state index in [2.05, 4.69) is 20.3 Å². The molecule has 0 bridgehead atoms. The number of rotatable bonds is 4. The van der Waals surface area contributed by atoms with Gasteiger partial charge in [-0.3, -0.25) is 0 Å². The third kappa shape index (κ3) is 1.99. The van der Waals surface area contributed by atoms with Crippen LogP contribution in [0.3, 0.4) is 0 Å². The summed E-state index contributed by atoms with van der Waals surface area (Å²) in [6, 6.07) is 1.39. The highest BCUT2D eigenvalue weighted by Gasteiger charge is 2.28. The summed E-state index contributed by atoms with van der Waals surface area (Å²) in [6.45, 7) is 0.0460. The monoisotopic (exact) mass is 259 g/mol. The standard InChI is InChI=1S/C8H8ClN4O4/c9-4-3-5(10-1-2-14)8(13(15)16)7-6(4)11-17-12-7/h3,10,14H,1-2H2,(H,15,16)/q+1. The van der Waals surface area contributed by atoms with Crippen molar-refractivity contribution in [3.63, 3.8) is 0 Å². The van der Waals surface area contributed by atoms with Crippen LogP contribution in [0.25, 0.3) is 11.0 Å². The molecule has 0 unspecified atom stereocenters. The maximum Gasteiger partial charge on any atom is 0.370 e. The molecule has 0 atom stereocenters. The number of nitrogens with zero attached hydrogens (tertiary/aromatic N) is 3. The van der Waals surface area contributed by atoms with Crippen molar-refractivity contribution in [3.05, 3.63) is 16.0 Å². The summed E-state index contributed by atoms with van der Waals surface area (Å²) in [6.07, 6.45) is 0. The summed E-state index contributed by atoms with van der Waals surface area (Å²) in [4.78, 5) is 10.7. The Morgan fingerprint density at radius 2 is 2.18 bits per heavy atom. The number of hydrogen-bond donors (Lipinski definition) is 3. The van der Waals surface area contributed by atoms with Gasteiger partial charge in [-0.1, -0.05) is 11.6 Å². The third-order valence-electron chi connectivity index (χ3n) is 2.08. The van der Waals surface area contributed by atoms with Gasteiger partial charge in [0, 0.05) is 6.54 Å². The maximum absolute atomic E-state index is 11.1. The zero-order chi connectivity index (χ0) is 12.4. The van der Waals surface area contributed by atoms with Crippen LogP contribution in [0.2, 0.25) is 5.02 Å². The zero-order valence-corrected chi connectivity index (χ0v) is 9.18. The summed E-state index contributed by atoms with van der Waals surface area (Å²) in [5, 5.41) is 27.7. The van der Waals surface area contributed by atoms with Crippen molar-refractivity contribution in [1.29, 1.82) is 0 Å². The largest absolute Gasteiger partial charge is 0.395 e. The number of nitrogens with one attached hydrogen (secondary N) is 1. The van der Waals surface area contributed by atoms with Crippen LogP contribution >= 0.6 is 11.6 Å². The first-order chi connectivity index (χ1) is 8.15. The van der Waals surface area contributed by atoms with Gasteiger partial charge in [-0.05, 0) is 16.4 Å². The average Bonchev–Trinajstić information content (AvgIpc) is 2.74. The summed E-state index contributed by atoms with van der Waals surface area (Å²) < 4.78 is 4.46. The van der Waals surface area contributed by atoms with Crippen LogP contribution in [-0.2, 0) is 0 Å². The SMILES string of the molecule is O=[N+](O)c1c(NCCO)cc(Cl)c2nonc12. The minimum atomic E-state index is -0.359. The topological polar surface area (TPSA) is 111 Å². The van der Waals surface area contributed by atoms with Gasteiger partial charge in [-0.15, -0.1) is 0 Å². The minimum absolute atomic E-state index is 0.0374. The van der Waals surface area contributed by atoms with Crippen LogP contribution in [0.4, 0.5) is 11.4 Å². The van der Waals surface area contributed by atoms with E-state index in [9.17, 15) is 4.91 Å². The van der Waals surface area contributed by atoms with E-state index in [1.54, 1.807) is 0 Å². The fourth-order valence-corrected chi connectivity index (χ4v) is 1.64. The van der Waals surface area contributed by atoms with Crippen molar-refractivity contribution in [2.45, 2.75) is 0 Å². The van der Waals surface area contributed by atoms with E-state index in [0.29, 0.717) is 0 Å². The predicted octanol–water partition coefficient (Wildman–Crippen LogP) is 1.08. The molecule has 0 amide bonds. The van der Waals surface area contributed by atoms with Crippen molar-refractivity contribution >= 4 is 34.0 Å². The third-order valence-corrected chi connectivity index (χ3v) is 2.37. The second-order valence-corrected chi connectivity index (χ2v) is 3.55. The normalized spacial score (nSPS) is 10.7. The Balaban J connectivity index is 2.64. The fourth-order valence-electron chi connectivity index (χ4n) is 1.41. The minimum Gasteiger partial charge on any atom is -0.395 e. The van der Waals surface area contributed by atoms with Gasteiger partial charge < -0.3 is 10.4 Å². The highest BCUT2D eigenvalue weighted by atomic mass is 35.5. The summed E-state index contributed by atoms with van der Waals surface area (Å²) in [5.74, 6) is 0. The molecule has 9 heteroatoms. The van der Waals surface area contributed by atoms with E-state index in [4.69, 9.17) is 21.9 Å². The van der Waals surface area contributed by atoms with Crippen molar-refractivity contribution < 1.29 is 19.9 Å². The molecule has 2 aromatic rings. The second-order valence-electron chi connectivity index (χ2n) is 3.14. The zero-order valence-electron chi connectivity index (χ0n) is 8.42. The van der Waals surface area contributed by atoms with Crippen LogP contribution in [0.5, 0.6) is 0 Å². The molecule has 90 valence electrons. The lowest BCUT2D eigenvalue weighted by atomic mass is 10.2. The number of hydrogen-bond acceptors (Lipinski definition) is 6. The van der Waals surface area contributed by atoms with Gasteiger partial charge in [0.2, 0.25) is 5.52 Å².